The molecule has 0 aliphatic carbocycles. The van der Waals surface area contributed by atoms with Gasteiger partial charge in [0.05, 0.1) is 5.69 Å². The molecule has 0 unspecified atom stereocenters. The van der Waals surface area contributed by atoms with E-state index in [-0.39, 0.29) is 11.5 Å². The van der Waals surface area contributed by atoms with Crippen LogP contribution < -0.4 is 5.32 Å². The SMILES string of the molecule is Cc1nc(NC(=O)c2ccn(-c3ccc(F)cc3)n2)n(C)n1. The monoisotopic (exact) mass is 300 g/mol. The molecule has 0 fully saturated rings. The van der Waals surface area contributed by atoms with Gasteiger partial charge in [-0.25, -0.2) is 13.8 Å². The van der Waals surface area contributed by atoms with E-state index in [2.05, 4.69) is 20.5 Å². The Kier molecular flexibility index (Phi) is 3.42. The number of amides is 1. The van der Waals surface area contributed by atoms with Crippen molar-refractivity contribution in [2.75, 3.05) is 5.32 Å². The second-order valence-corrected chi connectivity index (χ2v) is 4.68. The minimum Gasteiger partial charge on any atom is -0.289 e. The summed E-state index contributed by atoms with van der Waals surface area (Å²) in [5.74, 6) is 0.191. The molecule has 0 atom stereocenters. The molecule has 112 valence electrons. The Bertz CT molecular complexity index is 820. The normalized spacial score (nSPS) is 10.7. The van der Waals surface area contributed by atoms with Gasteiger partial charge in [0.1, 0.15) is 11.6 Å². The van der Waals surface area contributed by atoms with Crippen LogP contribution >= 0.6 is 0 Å². The summed E-state index contributed by atoms with van der Waals surface area (Å²) in [5.41, 5.74) is 0.889. The lowest BCUT2D eigenvalue weighted by Gasteiger charge is -2.02. The van der Waals surface area contributed by atoms with Gasteiger partial charge < -0.3 is 0 Å². The fraction of sp³-hybridized carbons (Fsp3) is 0.143. The Hall–Kier alpha value is -3.03. The van der Waals surface area contributed by atoms with Gasteiger partial charge in [0, 0.05) is 13.2 Å². The van der Waals surface area contributed by atoms with Crippen molar-refractivity contribution in [1.82, 2.24) is 24.5 Å². The second kappa shape index (κ2) is 5.40. The van der Waals surface area contributed by atoms with Crippen LogP contribution in [0.2, 0.25) is 0 Å². The van der Waals surface area contributed by atoms with Crippen LogP contribution in [-0.2, 0) is 7.05 Å². The Balaban J connectivity index is 1.79. The maximum absolute atomic E-state index is 12.9. The fourth-order valence-corrected chi connectivity index (χ4v) is 1.97. The van der Waals surface area contributed by atoms with Gasteiger partial charge in [0.15, 0.2) is 5.69 Å². The summed E-state index contributed by atoms with van der Waals surface area (Å²) in [5, 5.41) is 10.9. The number of nitrogens with one attached hydrogen (secondary N) is 1. The number of anilines is 1. The van der Waals surface area contributed by atoms with Gasteiger partial charge >= 0.3 is 0 Å². The highest BCUT2D eigenvalue weighted by molar-refractivity contribution is 6.01. The van der Waals surface area contributed by atoms with E-state index in [4.69, 9.17) is 0 Å². The molecule has 3 rings (SSSR count). The average molecular weight is 300 g/mol. The lowest BCUT2D eigenvalue weighted by atomic mass is 10.3. The molecule has 1 aromatic carbocycles. The van der Waals surface area contributed by atoms with Crippen LogP contribution in [0.4, 0.5) is 10.3 Å². The first-order valence-electron chi connectivity index (χ1n) is 6.53. The van der Waals surface area contributed by atoms with Gasteiger partial charge in [0.25, 0.3) is 5.91 Å². The molecule has 22 heavy (non-hydrogen) atoms. The van der Waals surface area contributed by atoms with E-state index in [9.17, 15) is 9.18 Å². The highest BCUT2D eigenvalue weighted by atomic mass is 19.1. The molecule has 3 aromatic rings. The summed E-state index contributed by atoms with van der Waals surface area (Å²) in [4.78, 5) is 16.2. The lowest BCUT2D eigenvalue weighted by molar-refractivity contribution is 0.102. The van der Waals surface area contributed by atoms with Crippen LogP contribution in [0.5, 0.6) is 0 Å². The van der Waals surface area contributed by atoms with E-state index in [1.54, 1.807) is 38.4 Å². The standard InChI is InChI=1S/C14H13FN6O/c1-9-16-14(20(2)18-9)17-13(22)12-7-8-21(19-12)11-5-3-10(15)4-6-11/h3-8H,1-2H3,(H,16,17,18,22). The maximum atomic E-state index is 12.9. The van der Waals surface area contributed by atoms with Crippen molar-refractivity contribution in [2.24, 2.45) is 7.05 Å². The third-order valence-corrected chi connectivity index (χ3v) is 3.01. The summed E-state index contributed by atoms with van der Waals surface area (Å²) < 4.78 is 15.9. The second-order valence-electron chi connectivity index (χ2n) is 4.68. The van der Waals surface area contributed by atoms with Gasteiger partial charge in [-0.05, 0) is 37.3 Å². The molecular formula is C14H13FN6O. The van der Waals surface area contributed by atoms with E-state index in [0.29, 0.717) is 17.5 Å². The summed E-state index contributed by atoms with van der Waals surface area (Å²) >= 11 is 0. The van der Waals surface area contributed by atoms with Crippen LogP contribution in [0.15, 0.2) is 36.5 Å². The van der Waals surface area contributed by atoms with Crippen molar-refractivity contribution in [3.8, 4) is 5.69 Å². The predicted octanol–water partition coefficient (Wildman–Crippen LogP) is 1.70. The number of hydrogen-bond donors (Lipinski definition) is 1. The van der Waals surface area contributed by atoms with E-state index in [1.165, 1.54) is 21.5 Å². The van der Waals surface area contributed by atoms with Crippen molar-refractivity contribution >= 4 is 11.9 Å². The number of halogens is 1. The minimum absolute atomic E-state index is 0.227. The number of benzene rings is 1. The molecule has 0 saturated heterocycles. The van der Waals surface area contributed by atoms with Crippen LogP contribution in [0.1, 0.15) is 16.3 Å². The number of hydrogen-bond acceptors (Lipinski definition) is 4. The third-order valence-electron chi connectivity index (χ3n) is 3.01. The van der Waals surface area contributed by atoms with Crippen molar-refractivity contribution < 1.29 is 9.18 Å². The number of rotatable bonds is 3. The highest BCUT2D eigenvalue weighted by Crippen LogP contribution is 2.10. The van der Waals surface area contributed by atoms with Crippen LogP contribution in [0.25, 0.3) is 5.69 Å². The molecule has 0 spiro atoms. The van der Waals surface area contributed by atoms with E-state index < -0.39 is 5.91 Å². The molecule has 0 saturated carbocycles. The molecule has 2 heterocycles. The quantitative estimate of drug-likeness (QED) is 0.798. The zero-order valence-electron chi connectivity index (χ0n) is 12.0. The van der Waals surface area contributed by atoms with Crippen molar-refractivity contribution in [3.63, 3.8) is 0 Å². The van der Waals surface area contributed by atoms with Crippen LogP contribution in [0.3, 0.4) is 0 Å². The Morgan fingerprint density at radius 2 is 1.91 bits per heavy atom. The first-order chi connectivity index (χ1) is 10.5. The number of carbonyl (C=O) groups excluding carboxylic acids is 1. The molecule has 1 N–H and O–H groups in total. The van der Waals surface area contributed by atoms with Crippen LogP contribution in [0, 0.1) is 12.7 Å². The molecular weight excluding hydrogens is 287 g/mol. The lowest BCUT2D eigenvalue weighted by Crippen LogP contribution is -2.16. The van der Waals surface area contributed by atoms with E-state index in [1.807, 2.05) is 0 Å². The van der Waals surface area contributed by atoms with Gasteiger partial charge in [0.2, 0.25) is 5.95 Å². The number of aromatic nitrogens is 5. The van der Waals surface area contributed by atoms with Crippen molar-refractivity contribution in [2.45, 2.75) is 6.92 Å². The van der Waals surface area contributed by atoms with Gasteiger partial charge in [-0.15, -0.1) is 0 Å². The molecule has 7 nitrogen and oxygen atoms in total. The van der Waals surface area contributed by atoms with Gasteiger partial charge in [-0.2, -0.15) is 15.2 Å². The minimum atomic E-state index is -0.392. The zero-order chi connectivity index (χ0) is 15.7. The fourth-order valence-electron chi connectivity index (χ4n) is 1.97. The highest BCUT2D eigenvalue weighted by Gasteiger charge is 2.13. The average Bonchev–Trinajstić information content (AvgIpc) is 3.07. The summed E-state index contributed by atoms with van der Waals surface area (Å²) in [6.07, 6.45) is 1.63. The van der Waals surface area contributed by atoms with Crippen LogP contribution in [-0.4, -0.2) is 30.5 Å². The largest absolute Gasteiger partial charge is 0.289 e. The van der Waals surface area contributed by atoms with E-state index >= 15 is 0 Å². The summed E-state index contributed by atoms with van der Waals surface area (Å²) in [6, 6.07) is 7.40. The molecule has 0 bridgehead atoms. The molecule has 1 amide bonds. The third kappa shape index (κ3) is 2.71. The number of carbonyl (C=O) groups is 1. The Labute approximate surface area is 125 Å². The van der Waals surface area contributed by atoms with Crippen molar-refractivity contribution in [3.05, 3.63) is 53.9 Å². The molecule has 8 heteroatoms. The number of nitrogens with zero attached hydrogens (tertiary/aromatic N) is 5. The summed E-state index contributed by atoms with van der Waals surface area (Å²) in [6.45, 7) is 1.74. The first-order valence-corrected chi connectivity index (χ1v) is 6.53. The Morgan fingerprint density at radius 3 is 2.55 bits per heavy atom. The Morgan fingerprint density at radius 1 is 1.18 bits per heavy atom. The van der Waals surface area contributed by atoms with Gasteiger partial charge in [-0.1, -0.05) is 0 Å². The smallest absolute Gasteiger partial charge is 0.278 e. The summed E-state index contributed by atoms with van der Waals surface area (Å²) in [7, 11) is 1.69. The number of aryl methyl sites for hydroxylation is 2. The maximum Gasteiger partial charge on any atom is 0.278 e. The van der Waals surface area contributed by atoms with Crippen molar-refractivity contribution in [1.29, 1.82) is 0 Å². The first kappa shape index (κ1) is 13.9. The van der Waals surface area contributed by atoms with Gasteiger partial charge in [-0.3, -0.25) is 10.1 Å². The predicted molar refractivity (Wildman–Crippen MR) is 77.2 cm³/mol. The topological polar surface area (TPSA) is 77.6 Å². The molecule has 0 aliphatic heterocycles. The molecule has 0 radical (unpaired) electrons. The molecule has 0 aliphatic rings. The molecule has 2 aromatic heterocycles. The zero-order valence-corrected chi connectivity index (χ0v) is 12.0. The van der Waals surface area contributed by atoms with E-state index in [0.717, 1.165) is 0 Å².